The zero-order valence-corrected chi connectivity index (χ0v) is 13.2. The van der Waals surface area contributed by atoms with Crippen LogP contribution in [-0.2, 0) is 6.42 Å². The fourth-order valence-electron chi connectivity index (χ4n) is 3.94. The molecule has 0 aromatic carbocycles. The van der Waals surface area contributed by atoms with Crippen LogP contribution >= 0.6 is 22.9 Å². The van der Waals surface area contributed by atoms with E-state index >= 15 is 0 Å². The SMILES string of the molecule is Clc1ccc(CCNC2CCC3(CCCC3)CC2)s1. The molecule has 0 saturated heterocycles. The standard InChI is InChI=1S/C16H24ClNS/c17-15-4-3-14(19-15)7-12-18-13-5-10-16(11-6-13)8-1-2-9-16/h3-4,13,18H,1-2,5-12H2. The lowest BCUT2D eigenvalue weighted by atomic mass is 9.71. The minimum atomic E-state index is 0.763. The van der Waals surface area contributed by atoms with Gasteiger partial charge in [-0.15, -0.1) is 11.3 Å². The molecule has 2 fully saturated rings. The number of hydrogen-bond donors (Lipinski definition) is 1. The maximum absolute atomic E-state index is 5.96. The lowest BCUT2D eigenvalue weighted by molar-refractivity contribution is 0.169. The summed E-state index contributed by atoms with van der Waals surface area (Å²) in [5.74, 6) is 0. The van der Waals surface area contributed by atoms with E-state index in [2.05, 4.69) is 11.4 Å². The van der Waals surface area contributed by atoms with Gasteiger partial charge in [-0.05, 0) is 62.5 Å². The Balaban J connectivity index is 1.38. The van der Waals surface area contributed by atoms with Gasteiger partial charge in [0.2, 0.25) is 0 Å². The molecule has 2 aliphatic rings. The zero-order valence-electron chi connectivity index (χ0n) is 11.6. The van der Waals surface area contributed by atoms with E-state index in [1.165, 1.54) is 56.2 Å². The molecule has 2 saturated carbocycles. The van der Waals surface area contributed by atoms with Crippen LogP contribution in [0.5, 0.6) is 0 Å². The Morgan fingerprint density at radius 3 is 2.53 bits per heavy atom. The number of nitrogens with one attached hydrogen (secondary N) is 1. The van der Waals surface area contributed by atoms with Crippen molar-refractivity contribution >= 4 is 22.9 Å². The molecule has 1 heterocycles. The largest absolute Gasteiger partial charge is 0.314 e. The summed E-state index contributed by atoms with van der Waals surface area (Å²) in [6.45, 7) is 1.11. The predicted molar refractivity (Wildman–Crippen MR) is 84.2 cm³/mol. The Hall–Kier alpha value is -0.0500. The third kappa shape index (κ3) is 3.53. The van der Waals surface area contributed by atoms with Gasteiger partial charge in [-0.3, -0.25) is 0 Å². The van der Waals surface area contributed by atoms with E-state index in [1.54, 1.807) is 11.3 Å². The fourth-order valence-corrected chi connectivity index (χ4v) is 5.03. The summed E-state index contributed by atoms with van der Waals surface area (Å²) in [6.07, 6.45) is 12.8. The molecule has 2 aliphatic carbocycles. The van der Waals surface area contributed by atoms with Crippen LogP contribution in [0.2, 0.25) is 4.34 Å². The van der Waals surface area contributed by atoms with Gasteiger partial charge in [0.1, 0.15) is 0 Å². The number of thiophene rings is 1. The van der Waals surface area contributed by atoms with E-state index in [0.717, 1.165) is 28.8 Å². The minimum Gasteiger partial charge on any atom is -0.314 e. The molecule has 106 valence electrons. The van der Waals surface area contributed by atoms with E-state index in [1.807, 2.05) is 6.07 Å². The maximum atomic E-state index is 5.96. The second-order valence-corrected chi connectivity index (χ2v) is 8.19. The topological polar surface area (TPSA) is 12.0 Å². The highest BCUT2D eigenvalue weighted by atomic mass is 35.5. The number of rotatable bonds is 4. The fraction of sp³-hybridized carbons (Fsp3) is 0.750. The lowest BCUT2D eigenvalue weighted by Gasteiger charge is -2.37. The van der Waals surface area contributed by atoms with Crippen LogP contribution in [0.15, 0.2) is 12.1 Å². The molecule has 0 unspecified atom stereocenters. The number of halogens is 1. The van der Waals surface area contributed by atoms with E-state index < -0.39 is 0 Å². The molecule has 0 amide bonds. The first kappa shape index (κ1) is 13.9. The Kier molecular flexibility index (Phi) is 4.51. The average Bonchev–Trinajstić information content (AvgIpc) is 3.02. The monoisotopic (exact) mass is 297 g/mol. The lowest BCUT2D eigenvalue weighted by Crippen LogP contribution is -2.37. The van der Waals surface area contributed by atoms with Gasteiger partial charge in [0.05, 0.1) is 4.34 Å². The Morgan fingerprint density at radius 1 is 1.16 bits per heavy atom. The van der Waals surface area contributed by atoms with Crippen LogP contribution in [0.1, 0.15) is 56.2 Å². The van der Waals surface area contributed by atoms with Crippen molar-refractivity contribution in [3.8, 4) is 0 Å². The Bertz CT molecular complexity index is 399. The van der Waals surface area contributed by atoms with Crippen molar-refractivity contribution in [2.24, 2.45) is 5.41 Å². The first-order valence-corrected chi connectivity index (χ1v) is 8.93. The van der Waals surface area contributed by atoms with Gasteiger partial charge < -0.3 is 5.32 Å². The van der Waals surface area contributed by atoms with Crippen molar-refractivity contribution in [3.63, 3.8) is 0 Å². The summed E-state index contributed by atoms with van der Waals surface area (Å²) in [4.78, 5) is 1.40. The molecule has 0 atom stereocenters. The highest BCUT2D eigenvalue weighted by Crippen LogP contribution is 2.48. The van der Waals surface area contributed by atoms with Gasteiger partial charge in [-0.2, -0.15) is 0 Å². The maximum Gasteiger partial charge on any atom is 0.0931 e. The molecule has 3 rings (SSSR count). The molecule has 0 bridgehead atoms. The molecule has 3 heteroatoms. The molecular weight excluding hydrogens is 274 g/mol. The van der Waals surface area contributed by atoms with Crippen LogP contribution in [0, 0.1) is 5.41 Å². The highest BCUT2D eigenvalue weighted by molar-refractivity contribution is 7.16. The van der Waals surface area contributed by atoms with E-state index in [9.17, 15) is 0 Å². The Morgan fingerprint density at radius 2 is 1.89 bits per heavy atom. The van der Waals surface area contributed by atoms with Crippen LogP contribution < -0.4 is 5.32 Å². The highest BCUT2D eigenvalue weighted by Gasteiger charge is 2.37. The summed E-state index contributed by atoms with van der Waals surface area (Å²) in [6, 6.07) is 4.93. The normalized spacial score (nSPS) is 23.2. The number of hydrogen-bond acceptors (Lipinski definition) is 2. The van der Waals surface area contributed by atoms with Gasteiger partial charge in [0.25, 0.3) is 0 Å². The quantitative estimate of drug-likeness (QED) is 0.821. The summed E-state index contributed by atoms with van der Waals surface area (Å²) >= 11 is 7.67. The smallest absolute Gasteiger partial charge is 0.0931 e. The first-order chi connectivity index (χ1) is 9.26. The van der Waals surface area contributed by atoms with Crippen molar-refractivity contribution < 1.29 is 0 Å². The zero-order chi connectivity index (χ0) is 13.1. The van der Waals surface area contributed by atoms with E-state index in [0.29, 0.717) is 0 Å². The van der Waals surface area contributed by atoms with Gasteiger partial charge in [-0.1, -0.05) is 24.4 Å². The third-order valence-electron chi connectivity index (χ3n) is 5.14. The molecule has 0 radical (unpaired) electrons. The second kappa shape index (κ2) is 6.15. The van der Waals surface area contributed by atoms with Gasteiger partial charge in [-0.25, -0.2) is 0 Å². The van der Waals surface area contributed by atoms with Gasteiger partial charge in [0, 0.05) is 17.5 Å². The first-order valence-electron chi connectivity index (χ1n) is 7.73. The predicted octanol–water partition coefficient (Wildman–Crippen LogP) is 5.04. The molecule has 19 heavy (non-hydrogen) atoms. The molecule has 1 aromatic heterocycles. The summed E-state index contributed by atoms with van der Waals surface area (Å²) in [5, 5.41) is 3.75. The van der Waals surface area contributed by atoms with Gasteiger partial charge >= 0.3 is 0 Å². The average molecular weight is 298 g/mol. The third-order valence-corrected chi connectivity index (χ3v) is 6.43. The molecular formula is C16H24ClNS. The van der Waals surface area contributed by atoms with E-state index in [4.69, 9.17) is 11.6 Å². The minimum absolute atomic E-state index is 0.763. The molecule has 1 N–H and O–H groups in total. The van der Waals surface area contributed by atoms with E-state index in [-0.39, 0.29) is 0 Å². The summed E-state index contributed by atoms with van der Waals surface area (Å²) in [5.41, 5.74) is 0.763. The molecule has 0 aliphatic heterocycles. The van der Waals surface area contributed by atoms with Crippen molar-refractivity contribution in [2.75, 3.05) is 6.54 Å². The summed E-state index contributed by atoms with van der Waals surface area (Å²) < 4.78 is 0.913. The van der Waals surface area contributed by atoms with Crippen LogP contribution in [-0.4, -0.2) is 12.6 Å². The van der Waals surface area contributed by atoms with Crippen molar-refractivity contribution in [3.05, 3.63) is 21.3 Å². The van der Waals surface area contributed by atoms with Crippen molar-refractivity contribution in [1.29, 1.82) is 0 Å². The molecule has 1 nitrogen and oxygen atoms in total. The Labute approximate surface area is 125 Å². The van der Waals surface area contributed by atoms with Crippen LogP contribution in [0.25, 0.3) is 0 Å². The van der Waals surface area contributed by atoms with Crippen LogP contribution in [0.3, 0.4) is 0 Å². The van der Waals surface area contributed by atoms with Crippen molar-refractivity contribution in [1.82, 2.24) is 5.32 Å². The molecule has 1 aromatic rings. The van der Waals surface area contributed by atoms with Crippen LogP contribution in [0.4, 0.5) is 0 Å². The molecule has 1 spiro atoms. The van der Waals surface area contributed by atoms with Crippen molar-refractivity contribution in [2.45, 2.75) is 63.8 Å². The second-order valence-electron chi connectivity index (χ2n) is 6.39. The summed E-state index contributed by atoms with van der Waals surface area (Å²) in [7, 11) is 0. The van der Waals surface area contributed by atoms with Gasteiger partial charge in [0.15, 0.2) is 0 Å².